The number of aryl methyl sites for hydroxylation is 1. The molecule has 1 saturated heterocycles. The van der Waals surface area contributed by atoms with Gasteiger partial charge in [0.2, 0.25) is 0 Å². The largest absolute Gasteiger partial charge is 0.448 e. The zero-order valence-electron chi connectivity index (χ0n) is 14.1. The lowest BCUT2D eigenvalue weighted by Gasteiger charge is -2.34. The molecule has 0 saturated carbocycles. The molecule has 3 rings (SSSR count). The summed E-state index contributed by atoms with van der Waals surface area (Å²) in [6.07, 6.45) is 9.33. The van der Waals surface area contributed by atoms with Crippen molar-refractivity contribution in [2.75, 3.05) is 19.6 Å². The Bertz CT molecular complexity index is 650. The van der Waals surface area contributed by atoms with E-state index in [2.05, 4.69) is 26.3 Å². The molecule has 1 amide bonds. The van der Waals surface area contributed by atoms with Crippen LogP contribution in [0.3, 0.4) is 0 Å². The fraction of sp³-hybridized carbons (Fsp3) is 0.500. The molecule has 1 aliphatic heterocycles. The highest BCUT2D eigenvalue weighted by Crippen LogP contribution is 2.23. The molecule has 6 heteroatoms. The molecule has 0 bridgehead atoms. The van der Waals surface area contributed by atoms with E-state index in [0.717, 1.165) is 18.7 Å². The Labute approximate surface area is 142 Å². The van der Waals surface area contributed by atoms with Gasteiger partial charge in [0.1, 0.15) is 5.76 Å². The third-order valence-corrected chi connectivity index (χ3v) is 4.53. The first-order valence-electron chi connectivity index (χ1n) is 8.64. The molecule has 3 heterocycles. The van der Waals surface area contributed by atoms with E-state index in [4.69, 9.17) is 4.42 Å². The fourth-order valence-electron chi connectivity index (χ4n) is 3.24. The maximum Gasteiger partial charge on any atom is 0.273 e. The van der Waals surface area contributed by atoms with E-state index in [-0.39, 0.29) is 11.9 Å². The highest BCUT2D eigenvalue weighted by Gasteiger charge is 2.24. The van der Waals surface area contributed by atoms with Crippen LogP contribution in [0.2, 0.25) is 0 Å². The molecule has 1 aliphatic rings. The van der Waals surface area contributed by atoms with E-state index in [1.807, 2.05) is 19.2 Å². The number of nitrogens with zero attached hydrogens (tertiary/aromatic N) is 3. The molecule has 1 N–H and O–H groups in total. The third-order valence-electron chi connectivity index (χ3n) is 4.53. The van der Waals surface area contributed by atoms with Crippen LogP contribution in [0, 0.1) is 0 Å². The number of nitrogens with one attached hydrogen (secondary N) is 1. The smallest absolute Gasteiger partial charge is 0.273 e. The topological polar surface area (TPSA) is 71.3 Å². The van der Waals surface area contributed by atoms with Crippen molar-refractivity contribution in [2.24, 2.45) is 0 Å². The standard InChI is InChI=1S/C18H24N4O2/c1-2-16-17(21-13-24-16)18(23)20-12-15(14-7-6-8-19-11-14)22-9-4-3-5-10-22/h6-8,11,13,15H,2-5,9-10,12H2,1H3,(H,20,23). The average Bonchev–Trinajstić information content (AvgIpc) is 3.12. The number of hydrogen-bond acceptors (Lipinski definition) is 5. The number of hydrogen-bond donors (Lipinski definition) is 1. The Balaban J connectivity index is 1.71. The van der Waals surface area contributed by atoms with Crippen molar-refractivity contribution in [1.82, 2.24) is 20.2 Å². The van der Waals surface area contributed by atoms with Crippen molar-refractivity contribution >= 4 is 5.91 Å². The van der Waals surface area contributed by atoms with E-state index in [9.17, 15) is 4.79 Å². The monoisotopic (exact) mass is 328 g/mol. The van der Waals surface area contributed by atoms with Gasteiger partial charge in [-0.1, -0.05) is 19.4 Å². The highest BCUT2D eigenvalue weighted by atomic mass is 16.3. The summed E-state index contributed by atoms with van der Waals surface area (Å²) in [4.78, 5) is 23.2. The van der Waals surface area contributed by atoms with Gasteiger partial charge >= 0.3 is 0 Å². The van der Waals surface area contributed by atoms with Gasteiger partial charge in [0, 0.05) is 25.4 Å². The van der Waals surface area contributed by atoms with Crippen molar-refractivity contribution in [2.45, 2.75) is 38.6 Å². The summed E-state index contributed by atoms with van der Waals surface area (Å²) in [7, 11) is 0. The molecule has 24 heavy (non-hydrogen) atoms. The molecular weight excluding hydrogens is 304 g/mol. The Kier molecular flexibility index (Phi) is 5.59. The molecule has 1 unspecified atom stereocenters. The minimum absolute atomic E-state index is 0.139. The number of likely N-dealkylation sites (tertiary alicyclic amines) is 1. The van der Waals surface area contributed by atoms with Gasteiger partial charge in [-0.2, -0.15) is 0 Å². The predicted molar refractivity (Wildman–Crippen MR) is 90.6 cm³/mol. The Morgan fingerprint density at radius 3 is 2.92 bits per heavy atom. The Hall–Kier alpha value is -2.21. The molecule has 2 aromatic heterocycles. The van der Waals surface area contributed by atoms with Crippen LogP contribution < -0.4 is 5.32 Å². The van der Waals surface area contributed by atoms with Crippen molar-refractivity contribution in [3.8, 4) is 0 Å². The van der Waals surface area contributed by atoms with Gasteiger partial charge in [-0.25, -0.2) is 4.98 Å². The first-order chi connectivity index (χ1) is 11.8. The fourth-order valence-corrected chi connectivity index (χ4v) is 3.24. The van der Waals surface area contributed by atoms with Crippen LogP contribution in [0.4, 0.5) is 0 Å². The first-order valence-corrected chi connectivity index (χ1v) is 8.64. The maximum absolute atomic E-state index is 12.4. The number of carbonyl (C=O) groups excluding carboxylic acids is 1. The second kappa shape index (κ2) is 8.06. The molecule has 128 valence electrons. The molecule has 6 nitrogen and oxygen atoms in total. The summed E-state index contributed by atoms with van der Waals surface area (Å²) < 4.78 is 5.25. The number of aromatic nitrogens is 2. The van der Waals surface area contributed by atoms with Gasteiger partial charge in [-0.3, -0.25) is 14.7 Å². The molecule has 0 radical (unpaired) electrons. The van der Waals surface area contributed by atoms with Crippen LogP contribution in [-0.2, 0) is 6.42 Å². The van der Waals surface area contributed by atoms with Gasteiger partial charge in [0.05, 0.1) is 6.04 Å². The Morgan fingerprint density at radius 1 is 1.38 bits per heavy atom. The number of carbonyl (C=O) groups is 1. The summed E-state index contributed by atoms with van der Waals surface area (Å²) in [6.45, 7) is 4.60. The minimum Gasteiger partial charge on any atom is -0.448 e. The number of rotatable bonds is 6. The van der Waals surface area contributed by atoms with Gasteiger partial charge in [-0.15, -0.1) is 0 Å². The van der Waals surface area contributed by atoms with Crippen LogP contribution >= 0.6 is 0 Å². The number of amides is 1. The van der Waals surface area contributed by atoms with Crippen LogP contribution in [0.5, 0.6) is 0 Å². The number of pyridine rings is 1. The van der Waals surface area contributed by atoms with E-state index in [0.29, 0.717) is 24.4 Å². The first kappa shape index (κ1) is 16.6. The third kappa shape index (κ3) is 3.82. The molecule has 0 spiro atoms. The summed E-state index contributed by atoms with van der Waals surface area (Å²) in [6, 6.07) is 4.16. The van der Waals surface area contributed by atoms with Crippen molar-refractivity contribution < 1.29 is 9.21 Å². The van der Waals surface area contributed by atoms with Gasteiger partial charge in [0.15, 0.2) is 12.1 Å². The van der Waals surface area contributed by atoms with E-state index in [1.165, 1.54) is 25.7 Å². The summed E-state index contributed by atoms with van der Waals surface area (Å²) in [5.41, 5.74) is 1.52. The summed E-state index contributed by atoms with van der Waals surface area (Å²) >= 11 is 0. The van der Waals surface area contributed by atoms with Crippen molar-refractivity contribution in [3.63, 3.8) is 0 Å². The van der Waals surface area contributed by atoms with Crippen LogP contribution in [0.15, 0.2) is 35.3 Å². The van der Waals surface area contributed by atoms with Crippen molar-refractivity contribution in [1.29, 1.82) is 0 Å². The average molecular weight is 328 g/mol. The van der Waals surface area contributed by atoms with Gasteiger partial charge in [0.25, 0.3) is 5.91 Å². The van der Waals surface area contributed by atoms with E-state index >= 15 is 0 Å². The predicted octanol–water partition coefficient (Wildman–Crippen LogP) is 2.59. The van der Waals surface area contributed by atoms with Crippen LogP contribution in [0.25, 0.3) is 0 Å². The maximum atomic E-state index is 12.4. The lowest BCUT2D eigenvalue weighted by atomic mass is 10.0. The molecule has 2 aromatic rings. The highest BCUT2D eigenvalue weighted by molar-refractivity contribution is 5.93. The zero-order valence-corrected chi connectivity index (χ0v) is 14.1. The SMILES string of the molecule is CCc1ocnc1C(=O)NCC(c1cccnc1)N1CCCCC1. The lowest BCUT2D eigenvalue weighted by molar-refractivity contribution is 0.0918. The summed E-state index contributed by atoms with van der Waals surface area (Å²) in [5, 5.41) is 3.02. The molecule has 1 fully saturated rings. The van der Waals surface area contributed by atoms with Gasteiger partial charge in [-0.05, 0) is 37.6 Å². The molecule has 1 atom stereocenters. The molecule has 0 aliphatic carbocycles. The minimum atomic E-state index is -0.175. The van der Waals surface area contributed by atoms with Gasteiger partial charge < -0.3 is 9.73 Å². The van der Waals surface area contributed by atoms with Crippen LogP contribution in [-0.4, -0.2) is 40.4 Å². The molecule has 0 aromatic carbocycles. The second-order valence-electron chi connectivity index (χ2n) is 6.09. The second-order valence-corrected chi connectivity index (χ2v) is 6.09. The van der Waals surface area contributed by atoms with E-state index < -0.39 is 0 Å². The number of oxazole rings is 1. The Morgan fingerprint density at radius 2 is 2.21 bits per heavy atom. The number of piperidine rings is 1. The quantitative estimate of drug-likeness (QED) is 0.882. The normalized spacial score (nSPS) is 16.7. The molecular formula is C18H24N4O2. The zero-order chi connectivity index (χ0) is 16.8. The lowest BCUT2D eigenvalue weighted by Crippen LogP contribution is -2.40. The van der Waals surface area contributed by atoms with Crippen molar-refractivity contribution in [3.05, 3.63) is 47.9 Å². The van der Waals surface area contributed by atoms with Crippen LogP contribution in [0.1, 0.15) is 54.0 Å². The van der Waals surface area contributed by atoms with E-state index in [1.54, 1.807) is 6.20 Å². The summed E-state index contributed by atoms with van der Waals surface area (Å²) in [5.74, 6) is 0.454.